The highest BCUT2D eigenvalue weighted by molar-refractivity contribution is 9.10. The number of nitrogens with zero attached hydrogens (tertiary/aromatic N) is 4. The molecule has 3 heterocycles. The minimum Gasteiger partial charge on any atom is -0.305 e. The van der Waals surface area contributed by atoms with Crippen molar-refractivity contribution < 1.29 is 0 Å². The zero-order valence-corrected chi connectivity index (χ0v) is 17.2. The van der Waals surface area contributed by atoms with Gasteiger partial charge in [-0.2, -0.15) is 0 Å². The monoisotopic (exact) mass is 418 g/mol. The molecule has 0 radical (unpaired) electrons. The molecule has 0 saturated carbocycles. The third kappa shape index (κ3) is 3.23. The number of aromatic nitrogens is 2. The fourth-order valence-corrected chi connectivity index (χ4v) is 4.91. The Morgan fingerprint density at radius 1 is 1.19 bits per heavy atom. The molecule has 26 heavy (non-hydrogen) atoms. The molecule has 1 aromatic heterocycles. The van der Waals surface area contributed by atoms with Crippen LogP contribution in [0.4, 0.5) is 0 Å². The Morgan fingerprint density at radius 2 is 2.04 bits per heavy atom. The normalized spacial score (nSPS) is 25.2. The van der Waals surface area contributed by atoms with Crippen molar-refractivity contribution >= 4 is 26.8 Å². The van der Waals surface area contributed by atoms with Crippen molar-refractivity contribution in [3.8, 4) is 0 Å². The molecule has 6 heteroatoms. The Bertz CT molecular complexity index is 865. The summed E-state index contributed by atoms with van der Waals surface area (Å²) in [6.45, 7) is 7.41. The highest BCUT2D eigenvalue weighted by Crippen LogP contribution is 2.37. The number of hydrogen-bond acceptors (Lipinski definition) is 4. The molecule has 2 atom stereocenters. The number of benzene rings is 1. The molecule has 2 aliphatic heterocycles. The summed E-state index contributed by atoms with van der Waals surface area (Å²) >= 11 is 3.48. The second-order valence-electron chi connectivity index (χ2n) is 7.68. The molecular formula is C20H27BrN4O. The minimum atomic E-state index is 0.109. The van der Waals surface area contributed by atoms with E-state index in [0.29, 0.717) is 11.3 Å². The average Bonchev–Trinajstić information content (AvgIpc) is 2.86. The molecule has 140 valence electrons. The van der Waals surface area contributed by atoms with Gasteiger partial charge in [0.25, 0.3) is 5.56 Å². The largest absolute Gasteiger partial charge is 0.305 e. The zero-order chi connectivity index (χ0) is 18.3. The van der Waals surface area contributed by atoms with Crippen LogP contribution in [-0.4, -0.2) is 52.6 Å². The second kappa shape index (κ2) is 7.41. The van der Waals surface area contributed by atoms with Gasteiger partial charge >= 0.3 is 0 Å². The highest BCUT2D eigenvalue weighted by atomic mass is 79.9. The molecule has 1 aromatic carbocycles. The fraction of sp³-hybridized carbons (Fsp3) is 0.600. The standard InChI is InChI=1S/C20H27BrN4O/c1-3-14-7-10-25-19(18(14)24-9-4-8-23(2)11-12-24)22-17-6-5-15(21)13-16(17)20(25)26/h5-6,13-14,18H,3-4,7-12H2,1-2H3. The van der Waals surface area contributed by atoms with Crippen molar-refractivity contribution in [2.75, 3.05) is 33.2 Å². The highest BCUT2D eigenvalue weighted by Gasteiger charge is 2.36. The summed E-state index contributed by atoms with van der Waals surface area (Å²) in [6.07, 6.45) is 3.36. The molecule has 0 spiro atoms. The van der Waals surface area contributed by atoms with Crippen molar-refractivity contribution in [1.82, 2.24) is 19.4 Å². The Balaban J connectivity index is 1.83. The van der Waals surface area contributed by atoms with E-state index >= 15 is 0 Å². The zero-order valence-electron chi connectivity index (χ0n) is 15.6. The molecule has 4 rings (SSSR count). The molecule has 0 aliphatic carbocycles. The molecule has 0 bridgehead atoms. The summed E-state index contributed by atoms with van der Waals surface area (Å²) in [5, 5.41) is 0.715. The lowest BCUT2D eigenvalue weighted by Gasteiger charge is -2.40. The van der Waals surface area contributed by atoms with Gasteiger partial charge in [-0.1, -0.05) is 29.3 Å². The van der Waals surface area contributed by atoms with Crippen molar-refractivity contribution in [3.63, 3.8) is 0 Å². The van der Waals surface area contributed by atoms with Gasteiger partial charge in [0.05, 0.1) is 16.9 Å². The van der Waals surface area contributed by atoms with Crippen LogP contribution >= 0.6 is 15.9 Å². The third-order valence-corrected chi connectivity index (χ3v) is 6.55. The number of rotatable bonds is 2. The summed E-state index contributed by atoms with van der Waals surface area (Å²) in [6, 6.07) is 6.09. The van der Waals surface area contributed by atoms with Crippen LogP contribution in [-0.2, 0) is 6.54 Å². The summed E-state index contributed by atoms with van der Waals surface area (Å²) < 4.78 is 2.87. The van der Waals surface area contributed by atoms with Crippen LogP contribution in [0, 0.1) is 5.92 Å². The van der Waals surface area contributed by atoms with E-state index in [1.165, 1.54) is 6.42 Å². The quantitative estimate of drug-likeness (QED) is 0.750. The molecule has 2 aromatic rings. The van der Waals surface area contributed by atoms with E-state index < -0.39 is 0 Å². The number of fused-ring (bicyclic) bond motifs is 2. The smallest absolute Gasteiger partial charge is 0.261 e. The maximum atomic E-state index is 13.1. The van der Waals surface area contributed by atoms with Crippen LogP contribution < -0.4 is 5.56 Å². The van der Waals surface area contributed by atoms with Crippen LogP contribution in [0.15, 0.2) is 27.5 Å². The van der Waals surface area contributed by atoms with Gasteiger partial charge in [0.15, 0.2) is 0 Å². The van der Waals surface area contributed by atoms with Crippen molar-refractivity contribution in [2.45, 2.75) is 38.8 Å². The first-order valence-corrected chi connectivity index (χ1v) is 10.5. The lowest BCUT2D eigenvalue weighted by atomic mass is 9.88. The van der Waals surface area contributed by atoms with Crippen LogP contribution in [0.2, 0.25) is 0 Å². The molecular weight excluding hydrogens is 392 g/mol. The second-order valence-corrected chi connectivity index (χ2v) is 8.60. The van der Waals surface area contributed by atoms with E-state index in [9.17, 15) is 4.79 Å². The first-order valence-electron chi connectivity index (χ1n) is 9.71. The Morgan fingerprint density at radius 3 is 2.85 bits per heavy atom. The van der Waals surface area contributed by atoms with Gasteiger partial charge in [-0.3, -0.25) is 14.3 Å². The summed E-state index contributed by atoms with van der Waals surface area (Å²) in [4.78, 5) is 23.1. The molecule has 2 unspecified atom stereocenters. The van der Waals surface area contributed by atoms with Gasteiger partial charge < -0.3 is 4.90 Å². The maximum Gasteiger partial charge on any atom is 0.261 e. The molecule has 0 amide bonds. The van der Waals surface area contributed by atoms with Gasteiger partial charge in [0, 0.05) is 30.7 Å². The summed E-state index contributed by atoms with van der Waals surface area (Å²) in [5.41, 5.74) is 0.927. The van der Waals surface area contributed by atoms with Crippen LogP contribution in [0.25, 0.3) is 10.9 Å². The van der Waals surface area contributed by atoms with Gasteiger partial charge in [0.2, 0.25) is 0 Å². The SMILES string of the molecule is CCC1CCn2c(nc3ccc(Br)cc3c2=O)C1N1CCCN(C)CC1. The van der Waals surface area contributed by atoms with Crippen molar-refractivity contribution in [1.29, 1.82) is 0 Å². The van der Waals surface area contributed by atoms with Gasteiger partial charge in [0.1, 0.15) is 5.82 Å². The molecule has 2 aliphatic rings. The van der Waals surface area contributed by atoms with E-state index in [1.807, 2.05) is 22.8 Å². The van der Waals surface area contributed by atoms with E-state index in [1.54, 1.807) is 0 Å². The lowest BCUT2D eigenvalue weighted by molar-refractivity contribution is 0.105. The fourth-order valence-electron chi connectivity index (χ4n) is 4.55. The molecule has 1 saturated heterocycles. The molecule has 0 N–H and O–H groups in total. The summed E-state index contributed by atoms with van der Waals surface area (Å²) in [5.74, 6) is 1.55. The van der Waals surface area contributed by atoms with E-state index in [-0.39, 0.29) is 11.6 Å². The van der Waals surface area contributed by atoms with Crippen LogP contribution in [0.5, 0.6) is 0 Å². The van der Waals surface area contributed by atoms with Gasteiger partial charge in [-0.15, -0.1) is 0 Å². The maximum absolute atomic E-state index is 13.1. The first-order chi connectivity index (χ1) is 12.6. The van der Waals surface area contributed by atoms with Crippen molar-refractivity contribution in [3.05, 3.63) is 38.9 Å². The van der Waals surface area contributed by atoms with Crippen LogP contribution in [0.1, 0.15) is 38.1 Å². The first kappa shape index (κ1) is 18.1. The molecule has 5 nitrogen and oxygen atoms in total. The van der Waals surface area contributed by atoms with Gasteiger partial charge in [-0.05, 0) is 50.6 Å². The number of hydrogen-bond donors (Lipinski definition) is 0. The minimum absolute atomic E-state index is 0.109. The van der Waals surface area contributed by atoms with Gasteiger partial charge in [-0.25, -0.2) is 4.98 Å². The Labute approximate surface area is 163 Å². The van der Waals surface area contributed by atoms with E-state index in [0.717, 1.165) is 61.4 Å². The Hall–Kier alpha value is -1.24. The van der Waals surface area contributed by atoms with E-state index in [4.69, 9.17) is 4.98 Å². The van der Waals surface area contributed by atoms with Crippen LogP contribution in [0.3, 0.4) is 0 Å². The number of likely N-dealkylation sites (N-methyl/N-ethyl adjacent to an activating group) is 1. The number of halogens is 1. The average molecular weight is 419 g/mol. The Kier molecular flexibility index (Phi) is 5.17. The predicted octanol–water partition coefficient (Wildman–Crippen LogP) is 3.27. The summed E-state index contributed by atoms with van der Waals surface area (Å²) in [7, 11) is 2.20. The molecule has 1 fully saturated rings. The van der Waals surface area contributed by atoms with E-state index in [2.05, 4.69) is 39.7 Å². The lowest BCUT2D eigenvalue weighted by Crippen LogP contribution is -2.44. The van der Waals surface area contributed by atoms with Crippen molar-refractivity contribution in [2.24, 2.45) is 5.92 Å². The third-order valence-electron chi connectivity index (χ3n) is 6.05. The predicted molar refractivity (Wildman–Crippen MR) is 109 cm³/mol. The topological polar surface area (TPSA) is 41.4 Å².